The number of nitrogens with zero attached hydrogens (tertiary/aromatic N) is 1. The summed E-state index contributed by atoms with van der Waals surface area (Å²) in [4.78, 5) is 2.74. The molecule has 2 nitrogen and oxygen atoms in total. The topological polar surface area (TPSA) is 15.3 Å². The van der Waals surface area contributed by atoms with E-state index in [-0.39, 0.29) is 0 Å². The average Bonchev–Trinajstić information content (AvgIpc) is 3.08. The molecule has 0 aromatic heterocycles. The lowest BCUT2D eigenvalue weighted by atomic mass is 9.96. The summed E-state index contributed by atoms with van der Waals surface area (Å²) >= 11 is 0. The minimum absolute atomic E-state index is 0.834. The Labute approximate surface area is 113 Å². The molecule has 0 spiro atoms. The highest BCUT2D eigenvalue weighted by Crippen LogP contribution is 2.31. The van der Waals surface area contributed by atoms with Gasteiger partial charge in [0.25, 0.3) is 0 Å². The molecule has 2 saturated carbocycles. The van der Waals surface area contributed by atoms with Gasteiger partial charge in [-0.05, 0) is 51.1 Å². The lowest BCUT2D eigenvalue weighted by Crippen LogP contribution is -2.35. The second-order valence-electron chi connectivity index (χ2n) is 6.83. The van der Waals surface area contributed by atoms with Crippen LogP contribution in [-0.4, -0.2) is 36.6 Å². The second-order valence-corrected chi connectivity index (χ2v) is 6.83. The summed E-state index contributed by atoms with van der Waals surface area (Å²) in [6, 6.07) is 1.82. The Morgan fingerprint density at radius 1 is 0.833 bits per heavy atom. The average molecular weight is 250 g/mol. The van der Waals surface area contributed by atoms with Gasteiger partial charge in [0.15, 0.2) is 0 Å². The van der Waals surface area contributed by atoms with Crippen molar-refractivity contribution < 1.29 is 0 Å². The van der Waals surface area contributed by atoms with Crippen LogP contribution in [0.3, 0.4) is 0 Å². The molecule has 1 unspecified atom stereocenters. The Morgan fingerprint density at radius 3 is 2.28 bits per heavy atom. The first-order valence-electron chi connectivity index (χ1n) is 8.39. The third-order valence-corrected chi connectivity index (χ3v) is 5.18. The van der Waals surface area contributed by atoms with Gasteiger partial charge in [-0.15, -0.1) is 0 Å². The van der Waals surface area contributed by atoms with Crippen molar-refractivity contribution in [2.75, 3.05) is 19.6 Å². The monoisotopic (exact) mass is 250 g/mol. The molecule has 3 fully saturated rings. The Balaban J connectivity index is 1.35. The summed E-state index contributed by atoms with van der Waals surface area (Å²) in [6.07, 6.45) is 14.6. The lowest BCUT2D eigenvalue weighted by Gasteiger charge is -2.23. The van der Waals surface area contributed by atoms with E-state index < -0.39 is 0 Å². The molecular formula is C16H30N2. The van der Waals surface area contributed by atoms with E-state index in [0.29, 0.717) is 0 Å². The normalized spacial score (nSPS) is 32.3. The van der Waals surface area contributed by atoms with Crippen molar-refractivity contribution >= 4 is 0 Å². The number of nitrogens with one attached hydrogen (secondary N) is 1. The SMILES string of the molecule is C1CCCC(NCC2CCN(C3CC3)C2)CCC1. The summed E-state index contributed by atoms with van der Waals surface area (Å²) in [5.41, 5.74) is 0. The van der Waals surface area contributed by atoms with Gasteiger partial charge in [-0.25, -0.2) is 0 Å². The van der Waals surface area contributed by atoms with Crippen molar-refractivity contribution in [3.05, 3.63) is 0 Å². The minimum Gasteiger partial charge on any atom is -0.314 e. The molecule has 0 aromatic carbocycles. The molecule has 2 heteroatoms. The highest BCUT2D eigenvalue weighted by Gasteiger charge is 2.34. The first-order valence-corrected chi connectivity index (χ1v) is 8.39. The summed E-state index contributed by atoms with van der Waals surface area (Å²) in [5, 5.41) is 3.88. The molecule has 0 bridgehead atoms. The van der Waals surface area contributed by atoms with Crippen LogP contribution in [0.25, 0.3) is 0 Å². The molecule has 1 heterocycles. The van der Waals surface area contributed by atoms with Crippen LogP contribution in [0.15, 0.2) is 0 Å². The van der Waals surface area contributed by atoms with E-state index in [2.05, 4.69) is 10.2 Å². The first kappa shape index (κ1) is 12.9. The molecular weight excluding hydrogens is 220 g/mol. The number of hydrogen-bond donors (Lipinski definition) is 1. The summed E-state index contributed by atoms with van der Waals surface area (Å²) in [6.45, 7) is 4.04. The zero-order valence-electron chi connectivity index (χ0n) is 11.9. The lowest BCUT2D eigenvalue weighted by molar-refractivity contribution is 0.304. The molecule has 1 saturated heterocycles. The zero-order valence-corrected chi connectivity index (χ0v) is 11.9. The van der Waals surface area contributed by atoms with Crippen molar-refractivity contribution in [3.8, 4) is 0 Å². The van der Waals surface area contributed by atoms with E-state index in [0.717, 1.165) is 18.0 Å². The molecule has 1 aliphatic heterocycles. The van der Waals surface area contributed by atoms with Crippen LogP contribution < -0.4 is 5.32 Å². The maximum absolute atomic E-state index is 3.88. The van der Waals surface area contributed by atoms with Gasteiger partial charge in [-0.3, -0.25) is 0 Å². The third kappa shape index (κ3) is 3.71. The second kappa shape index (κ2) is 6.38. The van der Waals surface area contributed by atoms with E-state index in [1.165, 1.54) is 83.8 Å². The van der Waals surface area contributed by atoms with E-state index in [4.69, 9.17) is 0 Å². The predicted molar refractivity (Wildman–Crippen MR) is 76.8 cm³/mol. The Kier molecular flexibility index (Phi) is 4.58. The van der Waals surface area contributed by atoms with Gasteiger partial charge in [0, 0.05) is 18.6 Å². The third-order valence-electron chi connectivity index (χ3n) is 5.18. The Bertz CT molecular complexity index is 241. The molecule has 3 aliphatic rings. The van der Waals surface area contributed by atoms with Crippen LogP contribution in [-0.2, 0) is 0 Å². The number of rotatable bonds is 4. The van der Waals surface area contributed by atoms with Gasteiger partial charge >= 0.3 is 0 Å². The minimum atomic E-state index is 0.834. The predicted octanol–water partition coefficient (Wildman–Crippen LogP) is 3.17. The fourth-order valence-corrected chi connectivity index (χ4v) is 3.79. The highest BCUT2D eigenvalue weighted by molar-refractivity contribution is 4.90. The van der Waals surface area contributed by atoms with Gasteiger partial charge in [0.2, 0.25) is 0 Å². The summed E-state index contributed by atoms with van der Waals surface area (Å²) < 4.78 is 0. The highest BCUT2D eigenvalue weighted by atomic mass is 15.2. The van der Waals surface area contributed by atoms with Gasteiger partial charge in [-0.1, -0.05) is 32.1 Å². The Morgan fingerprint density at radius 2 is 1.56 bits per heavy atom. The smallest absolute Gasteiger partial charge is 0.00965 e. The van der Waals surface area contributed by atoms with Gasteiger partial charge in [0.1, 0.15) is 0 Å². The molecule has 2 aliphatic carbocycles. The fourth-order valence-electron chi connectivity index (χ4n) is 3.79. The van der Waals surface area contributed by atoms with Crippen LogP contribution in [0.1, 0.15) is 64.2 Å². The van der Waals surface area contributed by atoms with Crippen molar-refractivity contribution in [3.63, 3.8) is 0 Å². The quantitative estimate of drug-likeness (QED) is 0.824. The Hall–Kier alpha value is -0.0800. The fraction of sp³-hybridized carbons (Fsp3) is 1.00. The van der Waals surface area contributed by atoms with Crippen molar-refractivity contribution in [1.82, 2.24) is 10.2 Å². The van der Waals surface area contributed by atoms with Crippen molar-refractivity contribution in [2.24, 2.45) is 5.92 Å². The maximum Gasteiger partial charge on any atom is 0.00965 e. The molecule has 1 N–H and O–H groups in total. The van der Waals surface area contributed by atoms with Crippen LogP contribution in [0.5, 0.6) is 0 Å². The van der Waals surface area contributed by atoms with E-state index in [9.17, 15) is 0 Å². The number of hydrogen-bond acceptors (Lipinski definition) is 2. The van der Waals surface area contributed by atoms with Gasteiger partial charge < -0.3 is 10.2 Å². The van der Waals surface area contributed by atoms with E-state index >= 15 is 0 Å². The molecule has 18 heavy (non-hydrogen) atoms. The van der Waals surface area contributed by atoms with Crippen LogP contribution in [0.2, 0.25) is 0 Å². The van der Waals surface area contributed by atoms with Crippen LogP contribution >= 0.6 is 0 Å². The number of likely N-dealkylation sites (tertiary alicyclic amines) is 1. The van der Waals surface area contributed by atoms with Crippen LogP contribution in [0.4, 0.5) is 0 Å². The van der Waals surface area contributed by atoms with E-state index in [1.54, 1.807) is 0 Å². The van der Waals surface area contributed by atoms with Crippen molar-refractivity contribution in [2.45, 2.75) is 76.3 Å². The van der Waals surface area contributed by atoms with Crippen molar-refractivity contribution in [1.29, 1.82) is 0 Å². The molecule has 104 valence electrons. The first-order chi connectivity index (χ1) is 8.92. The molecule has 0 aromatic rings. The maximum atomic E-state index is 3.88. The zero-order chi connectivity index (χ0) is 12.2. The molecule has 0 amide bonds. The summed E-state index contributed by atoms with van der Waals surface area (Å²) in [7, 11) is 0. The standard InChI is InChI=1S/C16H30N2/c1-2-4-6-15(7-5-3-1)17-12-14-10-11-18(13-14)16-8-9-16/h14-17H,1-13H2. The van der Waals surface area contributed by atoms with E-state index in [1.807, 2.05) is 0 Å². The van der Waals surface area contributed by atoms with Crippen LogP contribution in [0, 0.1) is 5.92 Å². The van der Waals surface area contributed by atoms with Gasteiger partial charge in [0.05, 0.1) is 0 Å². The van der Waals surface area contributed by atoms with Gasteiger partial charge in [-0.2, -0.15) is 0 Å². The molecule has 1 atom stereocenters. The molecule has 0 radical (unpaired) electrons. The molecule has 3 rings (SSSR count). The summed E-state index contributed by atoms with van der Waals surface area (Å²) in [5.74, 6) is 0.941. The largest absolute Gasteiger partial charge is 0.314 e.